The summed E-state index contributed by atoms with van der Waals surface area (Å²) in [5, 5.41) is 3.79. The number of benzene rings is 4. The quantitative estimate of drug-likeness (QED) is 0.119. The average Bonchev–Trinajstić information content (AvgIpc) is 3.03. The van der Waals surface area contributed by atoms with E-state index in [0.29, 0.717) is 47.0 Å². The van der Waals surface area contributed by atoms with E-state index >= 15 is 0 Å². The number of nitrogens with one attached hydrogen (secondary N) is 1. The number of ketones is 1. The van der Waals surface area contributed by atoms with Crippen LogP contribution in [0.2, 0.25) is 5.02 Å². The lowest BCUT2D eigenvalue weighted by Crippen LogP contribution is -2.35. The normalized spacial score (nSPS) is 11.5. The zero-order valence-corrected chi connectivity index (χ0v) is 25.9. The molecule has 0 saturated carbocycles. The Morgan fingerprint density at radius 1 is 0.864 bits per heavy atom. The Labute approximate surface area is 263 Å². The number of esters is 1. The molecule has 0 radical (unpaired) electrons. The third-order valence-electron chi connectivity index (χ3n) is 6.97. The number of hydrogen-bond acceptors (Lipinski definition) is 6. The highest BCUT2D eigenvalue weighted by Gasteiger charge is 2.23. The fourth-order valence-electron chi connectivity index (χ4n) is 4.79. The smallest absolute Gasteiger partial charge is 0.328 e. The van der Waals surface area contributed by atoms with E-state index in [1.165, 1.54) is 7.11 Å². The summed E-state index contributed by atoms with van der Waals surface area (Å²) in [7, 11) is 1.34. The molecule has 4 aromatic rings. The summed E-state index contributed by atoms with van der Waals surface area (Å²) >= 11 is 6.18. The van der Waals surface area contributed by atoms with Gasteiger partial charge in [0, 0.05) is 40.4 Å². The van der Waals surface area contributed by atoms with Crippen molar-refractivity contribution < 1.29 is 23.9 Å². The van der Waals surface area contributed by atoms with E-state index in [1.54, 1.807) is 47.4 Å². The Balaban J connectivity index is 1.41. The molecule has 4 aromatic carbocycles. The number of hydrogen-bond donors (Lipinski definition) is 1. The molecule has 7 nitrogen and oxygen atoms in total. The molecule has 8 heteroatoms. The van der Waals surface area contributed by atoms with Crippen LogP contribution in [0, 0.1) is 5.92 Å². The number of anilines is 2. The molecular weight excluding hydrogens is 576 g/mol. The van der Waals surface area contributed by atoms with E-state index in [0.717, 1.165) is 11.3 Å². The fraction of sp³-hybridized carbons (Fsp3) is 0.250. The van der Waals surface area contributed by atoms with Crippen LogP contribution in [0.25, 0.3) is 0 Å². The number of para-hydroxylation sites is 1. The molecule has 1 amide bonds. The Bertz CT molecular complexity index is 1560. The second kappa shape index (κ2) is 15.7. The topological polar surface area (TPSA) is 84.9 Å². The van der Waals surface area contributed by atoms with Gasteiger partial charge >= 0.3 is 5.97 Å². The molecule has 1 N–H and O–H groups in total. The Hall–Kier alpha value is -4.62. The predicted molar refractivity (Wildman–Crippen MR) is 175 cm³/mol. The second-order valence-electron chi connectivity index (χ2n) is 10.8. The highest BCUT2D eigenvalue weighted by atomic mass is 35.5. The van der Waals surface area contributed by atoms with Crippen molar-refractivity contribution in [1.82, 2.24) is 0 Å². The summed E-state index contributed by atoms with van der Waals surface area (Å²) < 4.78 is 11.1. The second-order valence-corrected chi connectivity index (χ2v) is 11.2. The summed E-state index contributed by atoms with van der Waals surface area (Å²) in [6, 6.07) is 30.1. The average molecular weight is 613 g/mol. The van der Waals surface area contributed by atoms with Crippen molar-refractivity contribution in [1.29, 1.82) is 0 Å². The molecule has 0 bridgehead atoms. The van der Waals surface area contributed by atoms with Gasteiger partial charge in [0.2, 0.25) is 5.91 Å². The van der Waals surface area contributed by atoms with Crippen LogP contribution in [0.5, 0.6) is 5.75 Å². The molecule has 0 aliphatic heterocycles. The molecule has 0 saturated heterocycles. The first-order valence-corrected chi connectivity index (χ1v) is 14.9. The van der Waals surface area contributed by atoms with Crippen LogP contribution in [0.3, 0.4) is 0 Å². The van der Waals surface area contributed by atoms with Crippen LogP contribution in [0.4, 0.5) is 11.4 Å². The number of nitrogens with zero attached hydrogens (tertiary/aromatic N) is 1. The third-order valence-corrected chi connectivity index (χ3v) is 7.21. The van der Waals surface area contributed by atoms with Crippen molar-refractivity contribution in [2.45, 2.75) is 32.7 Å². The van der Waals surface area contributed by atoms with Crippen molar-refractivity contribution in [2.75, 3.05) is 30.5 Å². The molecule has 0 spiro atoms. The van der Waals surface area contributed by atoms with Crippen LogP contribution in [-0.2, 0) is 20.7 Å². The maximum Gasteiger partial charge on any atom is 0.328 e. The van der Waals surface area contributed by atoms with E-state index in [4.69, 9.17) is 21.1 Å². The van der Waals surface area contributed by atoms with Gasteiger partial charge < -0.3 is 19.7 Å². The van der Waals surface area contributed by atoms with Crippen LogP contribution in [0.15, 0.2) is 103 Å². The number of methoxy groups -OCH3 is 1. The minimum absolute atomic E-state index is 0.00890. The van der Waals surface area contributed by atoms with Crippen molar-refractivity contribution in [2.24, 2.45) is 5.92 Å². The van der Waals surface area contributed by atoms with Gasteiger partial charge in [-0.05, 0) is 53.9 Å². The molecule has 0 fully saturated rings. The minimum Gasteiger partial charge on any atom is -0.492 e. The largest absolute Gasteiger partial charge is 0.492 e. The lowest BCUT2D eigenvalue weighted by molar-refractivity contribution is -0.141. The van der Waals surface area contributed by atoms with Gasteiger partial charge in [-0.15, -0.1) is 0 Å². The summed E-state index contributed by atoms with van der Waals surface area (Å²) in [6.07, 6.45) is 0.745. The molecule has 0 aliphatic rings. The minimum atomic E-state index is -0.727. The third kappa shape index (κ3) is 8.94. The Kier molecular flexibility index (Phi) is 11.5. The Morgan fingerprint density at radius 2 is 1.57 bits per heavy atom. The van der Waals surface area contributed by atoms with Gasteiger partial charge in [0.05, 0.1) is 13.7 Å². The highest BCUT2D eigenvalue weighted by Crippen LogP contribution is 2.24. The lowest BCUT2D eigenvalue weighted by Gasteiger charge is -2.24. The molecule has 4 rings (SSSR count). The van der Waals surface area contributed by atoms with Crippen LogP contribution in [-0.4, -0.2) is 44.0 Å². The highest BCUT2D eigenvalue weighted by molar-refractivity contribution is 6.30. The first-order chi connectivity index (χ1) is 21.2. The fourth-order valence-corrected chi connectivity index (χ4v) is 4.97. The van der Waals surface area contributed by atoms with Gasteiger partial charge in [-0.3, -0.25) is 9.59 Å². The number of carbonyl (C=O) groups excluding carboxylic acids is 3. The maximum absolute atomic E-state index is 13.2. The van der Waals surface area contributed by atoms with Crippen molar-refractivity contribution in [3.05, 3.63) is 125 Å². The monoisotopic (exact) mass is 612 g/mol. The van der Waals surface area contributed by atoms with E-state index in [1.807, 2.05) is 74.5 Å². The molecular formula is C36H37ClN2O5. The van der Waals surface area contributed by atoms with Crippen LogP contribution < -0.4 is 15.0 Å². The van der Waals surface area contributed by atoms with E-state index in [-0.39, 0.29) is 24.2 Å². The molecule has 0 aromatic heterocycles. The van der Waals surface area contributed by atoms with Crippen molar-refractivity contribution in [3.8, 4) is 5.75 Å². The zero-order chi connectivity index (χ0) is 31.5. The number of halogens is 1. The SMILES string of the molecule is COC(=O)[C@H](Cc1ccc(OCCN(C(=O)CC(C)C)c2cccc(Cl)c2)cc1)Nc1ccccc1C(=O)c1ccccc1. The van der Waals surface area contributed by atoms with Crippen LogP contribution >= 0.6 is 11.6 Å². The zero-order valence-electron chi connectivity index (χ0n) is 25.2. The van der Waals surface area contributed by atoms with E-state index in [2.05, 4.69) is 5.32 Å². The summed E-state index contributed by atoms with van der Waals surface area (Å²) in [5.41, 5.74) is 3.19. The molecule has 228 valence electrons. The van der Waals surface area contributed by atoms with Gasteiger partial charge in [-0.25, -0.2) is 4.79 Å². The van der Waals surface area contributed by atoms with Gasteiger partial charge in [-0.2, -0.15) is 0 Å². The number of carbonyl (C=O) groups is 3. The van der Waals surface area contributed by atoms with Gasteiger partial charge in [0.15, 0.2) is 5.78 Å². The van der Waals surface area contributed by atoms with Gasteiger partial charge in [0.1, 0.15) is 18.4 Å². The summed E-state index contributed by atoms with van der Waals surface area (Å²) in [4.78, 5) is 40.6. The standard InChI is InChI=1S/C36H37ClN2O5/c1-25(2)22-34(40)39(29-13-9-12-28(37)24-29)20-21-44-30-18-16-26(17-19-30)23-33(36(42)43-3)38-32-15-8-7-14-31(32)35(41)27-10-5-4-6-11-27/h4-19,24-25,33,38H,20-23H2,1-3H3/t33-/m0/s1. The van der Waals surface area contributed by atoms with Gasteiger partial charge in [0.25, 0.3) is 0 Å². The molecule has 0 aliphatic carbocycles. The van der Waals surface area contributed by atoms with Gasteiger partial charge in [-0.1, -0.05) is 86.1 Å². The van der Waals surface area contributed by atoms with E-state index in [9.17, 15) is 14.4 Å². The summed E-state index contributed by atoms with van der Waals surface area (Å²) in [5.74, 6) is 0.281. The first-order valence-electron chi connectivity index (χ1n) is 14.6. The van der Waals surface area contributed by atoms with E-state index < -0.39 is 12.0 Å². The van der Waals surface area contributed by atoms with Crippen molar-refractivity contribution in [3.63, 3.8) is 0 Å². The molecule has 44 heavy (non-hydrogen) atoms. The lowest BCUT2D eigenvalue weighted by atomic mass is 10.00. The predicted octanol–water partition coefficient (Wildman–Crippen LogP) is 7.23. The Morgan fingerprint density at radius 3 is 2.25 bits per heavy atom. The van der Waals surface area contributed by atoms with Crippen LogP contribution in [0.1, 0.15) is 41.8 Å². The molecule has 0 unspecified atom stereocenters. The number of ether oxygens (including phenoxy) is 2. The molecule has 0 heterocycles. The molecule has 1 atom stereocenters. The first kappa shape index (κ1) is 32.3. The number of amides is 1. The summed E-state index contributed by atoms with van der Waals surface area (Å²) in [6.45, 7) is 4.67. The van der Waals surface area contributed by atoms with Crippen molar-refractivity contribution >= 4 is 40.6 Å². The maximum atomic E-state index is 13.2. The number of rotatable bonds is 14.